The quantitative estimate of drug-likeness (QED) is 0.342. The standard InChI is InChI=1S/C20H24FN3O.HI/c1-2-22-19(23-13-15-8-9-18(25)17(21)12-15)24-14-20(10-11-20)16-6-4-3-5-7-16;/h3-9,12,25H,2,10-11,13-14H2,1H3,(H2,22,23,24);1H. The van der Waals surface area contributed by atoms with E-state index in [4.69, 9.17) is 0 Å². The molecule has 2 aromatic carbocycles. The fourth-order valence-corrected chi connectivity index (χ4v) is 2.92. The molecule has 6 heteroatoms. The average molecular weight is 469 g/mol. The van der Waals surface area contributed by atoms with E-state index in [1.807, 2.05) is 13.0 Å². The molecule has 0 unspecified atom stereocenters. The highest BCUT2D eigenvalue weighted by atomic mass is 127. The Bertz CT molecular complexity index is 748. The number of rotatable bonds is 6. The Morgan fingerprint density at radius 2 is 1.88 bits per heavy atom. The molecule has 1 aliphatic carbocycles. The van der Waals surface area contributed by atoms with Crippen LogP contribution in [0.3, 0.4) is 0 Å². The number of aromatic hydroxyl groups is 1. The van der Waals surface area contributed by atoms with Crippen LogP contribution in [0.15, 0.2) is 53.5 Å². The van der Waals surface area contributed by atoms with Gasteiger partial charge in [-0.3, -0.25) is 0 Å². The lowest BCUT2D eigenvalue weighted by Crippen LogP contribution is -2.41. The maximum absolute atomic E-state index is 13.4. The molecule has 1 fully saturated rings. The first-order valence-corrected chi connectivity index (χ1v) is 8.68. The molecule has 1 aliphatic rings. The summed E-state index contributed by atoms with van der Waals surface area (Å²) >= 11 is 0. The molecule has 2 aromatic rings. The van der Waals surface area contributed by atoms with E-state index in [0.717, 1.165) is 24.6 Å². The summed E-state index contributed by atoms with van der Waals surface area (Å²) in [6.07, 6.45) is 2.35. The molecule has 0 radical (unpaired) electrons. The van der Waals surface area contributed by atoms with Gasteiger partial charge in [0.2, 0.25) is 0 Å². The van der Waals surface area contributed by atoms with Crippen LogP contribution in [-0.2, 0) is 12.0 Å². The summed E-state index contributed by atoms with van der Waals surface area (Å²) < 4.78 is 13.4. The molecule has 3 rings (SSSR count). The van der Waals surface area contributed by atoms with E-state index < -0.39 is 5.82 Å². The van der Waals surface area contributed by atoms with Crippen LogP contribution < -0.4 is 10.6 Å². The van der Waals surface area contributed by atoms with Crippen molar-refractivity contribution in [2.75, 3.05) is 13.1 Å². The molecule has 0 saturated heterocycles. The molecule has 0 aromatic heterocycles. The second-order valence-electron chi connectivity index (χ2n) is 6.48. The summed E-state index contributed by atoms with van der Waals surface area (Å²) in [5.74, 6) is -0.235. The molecule has 4 nitrogen and oxygen atoms in total. The monoisotopic (exact) mass is 469 g/mol. The molecule has 0 aliphatic heterocycles. The number of nitrogens with one attached hydrogen (secondary N) is 2. The van der Waals surface area contributed by atoms with E-state index in [9.17, 15) is 9.50 Å². The van der Waals surface area contributed by atoms with Gasteiger partial charge in [-0.15, -0.1) is 24.0 Å². The number of nitrogens with zero attached hydrogens (tertiary/aromatic N) is 1. The van der Waals surface area contributed by atoms with Crippen molar-refractivity contribution in [1.29, 1.82) is 0 Å². The van der Waals surface area contributed by atoms with E-state index >= 15 is 0 Å². The number of halogens is 2. The Morgan fingerprint density at radius 3 is 2.50 bits per heavy atom. The van der Waals surface area contributed by atoms with Gasteiger partial charge in [0.05, 0.1) is 6.54 Å². The third kappa shape index (κ3) is 5.09. The summed E-state index contributed by atoms with van der Waals surface area (Å²) in [6.45, 7) is 3.95. The third-order valence-corrected chi connectivity index (χ3v) is 4.61. The summed E-state index contributed by atoms with van der Waals surface area (Å²) in [5.41, 5.74) is 2.28. The van der Waals surface area contributed by atoms with Crippen LogP contribution >= 0.6 is 24.0 Å². The van der Waals surface area contributed by atoms with Crippen molar-refractivity contribution in [2.45, 2.75) is 31.7 Å². The average Bonchev–Trinajstić information content (AvgIpc) is 3.42. The molecule has 0 bridgehead atoms. The van der Waals surface area contributed by atoms with Crippen molar-refractivity contribution in [3.8, 4) is 5.75 Å². The van der Waals surface area contributed by atoms with Gasteiger partial charge in [0, 0.05) is 18.5 Å². The summed E-state index contributed by atoms with van der Waals surface area (Å²) in [7, 11) is 0. The zero-order chi connectivity index (χ0) is 17.7. The Hall–Kier alpha value is -1.83. The van der Waals surface area contributed by atoms with E-state index in [0.29, 0.717) is 6.54 Å². The van der Waals surface area contributed by atoms with Crippen LogP contribution in [-0.4, -0.2) is 24.2 Å². The van der Waals surface area contributed by atoms with Crippen molar-refractivity contribution in [1.82, 2.24) is 10.6 Å². The van der Waals surface area contributed by atoms with Crippen LogP contribution in [0.4, 0.5) is 4.39 Å². The zero-order valence-corrected chi connectivity index (χ0v) is 17.2. The molecular weight excluding hydrogens is 444 g/mol. The predicted octanol–water partition coefficient (Wildman–Crippen LogP) is 3.94. The lowest BCUT2D eigenvalue weighted by molar-refractivity contribution is 0.432. The molecule has 3 N–H and O–H groups in total. The molecule has 26 heavy (non-hydrogen) atoms. The molecular formula is C20H25FIN3O. The number of hydrogen-bond donors (Lipinski definition) is 3. The van der Waals surface area contributed by atoms with Gasteiger partial charge in [-0.05, 0) is 43.0 Å². The van der Waals surface area contributed by atoms with Crippen LogP contribution in [0, 0.1) is 5.82 Å². The molecule has 140 valence electrons. The summed E-state index contributed by atoms with van der Waals surface area (Å²) in [5, 5.41) is 15.9. The minimum Gasteiger partial charge on any atom is -0.505 e. The molecule has 0 spiro atoms. The van der Waals surface area contributed by atoms with E-state index in [1.165, 1.54) is 30.5 Å². The van der Waals surface area contributed by atoms with Gasteiger partial charge < -0.3 is 15.7 Å². The number of phenolic OH excluding ortho intramolecular Hbond substituents is 1. The van der Waals surface area contributed by atoms with Gasteiger partial charge in [-0.2, -0.15) is 0 Å². The second-order valence-corrected chi connectivity index (χ2v) is 6.48. The van der Waals surface area contributed by atoms with Crippen LogP contribution in [0.1, 0.15) is 30.9 Å². The Kier molecular flexibility index (Phi) is 7.25. The first-order valence-electron chi connectivity index (χ1n) is 8.68. The lowest BCUT2D eigenvalue weighted by Gasteiger charge is -2.19. The first kappa shape index (κ1) is 20.5. The predicted molar refractivity (Wildman–Crippen MR) is 114 cm³/mol. The first-order chi connectivity index (χ1) is 12.1. The van der Waals surface area contributed by atoms with Crippen LogP contribution in [0.25, 0.3) is 0 Å². The van der Waals surface area contributed by atoms with Gasteiger partial charge >= 0.3 is 0 Å². The van der Waals surface area contributed by atoms with Gasteiger partial charge in [0.25, 0.3) is 0 Å². The van der Waals surface area contributed by atoms with Crippen molar-refractivity contribution >= 4 is 29.9 Å². The number of aliphatic imine (C=N–C) groups is 1. The van der Waals surface area contributed by atoms with Crippen LogP contribution in [0.5, 0.6) is 5.75 Å². The minimum atomic E-state index is -0.619. The fourth-order valence-electron chi connectivity index (χ4n) is 2.92. The highest BCUT2D eigenvalue weighted by molar-refractivity contribution is 14.0. The van der Waals surface area contributed by atoms with Crippen molar-refractivity contribution in [3.63, 3.8) is 0 Å². The maximum Gasteiger partial charge on any atom is 0.191 e. The highest BCUT2D eigenvalue weighted by Gasteiger charge is 2.43. The Labute approximate surface area is 171 Å². The SMILES string of the molecule is CCNC(=NCc1ccc(O)c(F)c1)NCC1(c2ccccc2)CC1.I. The molecule has 0 amide bonds. The second kappa shape index (κ2) is 9.21. The van der Waals surface area contributed by atoms with Gasteiger partial charge in [-0.1, -0.05) is 36.4 Å². The largest absolute Gasteiger partial charge is 0.505 e. The summed E-state index contributed by atoms with van der Waals surface area (Å²) in [6, 6.07) is 14.9. The molecule has 1 saturated carbocycles. The van der Waals surface area contributed by atoms with E-state index in [1.54, 1.807) is 6.07 Å². The molecule has 0 heterocycles. The molecule has 0 atom stereocenters. The van der Waals surface area contributed by atoms with E-state index in [-0.39, 0.29) is 35.1 Å². The van der Waals surface area contributed by atoms with Crippen LogP contribution in [0.2, 0.25) is 0 Å². The van der Waals surface area contributed by atoms with Crippen molar-refractivity contribution in [2.24, 2.45) is 4.99 Å². The number of hydrogen-bond acceptors (Lipinski definition) is 2. The highest BCUT2D eigenvalue weighted by Crippen LogP contribution is 2.47. The lowest BCUT2D eigenvalue weighted by atomic mass is 9.96. The maximum atomic E-state index is 13.4. The van der Waals surface area contributed by atoms with Gasteiger partial charge in [0.15, 0.2) is 17.5 Å². The van der Waals surface area contributed by atoms with Gasteiger partial charge in [-0.25, -0.2) is 9.38 Å². The normalized spacial score (nSPS) is 15.1. The number of benzene rings is 2. The number of guanidine groups is 1. The fraction of sp³-hybridized carbons (Fsp3) is 0.350. The minimum absolute atomic E-state index is 0. The van der Waals surface area contributed by atoms with Crippen molar-refractivity contribution < 1.29 is 9.50 Å². The number of phenols is 1. The Balaban J connectivity index is 0.00000243. The van der Waals surface area contributed by atoms with E-state index in [2.05, 4.69) is 39.9 Å². The zero-order valence-electron chi connectivity index (χ0n) is 14.8. The topological polar surface area (TPSA) is 56.7 Å². The third-order valence-electron chi connectivity index (χ3n) is 4.61. The van der Waals surface area contributed by atoms with Gasteiger partial charge in [0.1, 0.15) is 0 Å². The summed E-state index contributed by atoms with van der Waals surface area (Å²) in [4.78, 5) is 4.53. The van der Waals surface area contributed by atoms with Crippen molar-refractivity contribution in [3.05, 3.63) is 65.5 Å². The smallest absolute Gasteiger partial charge is 0.191 e. The Morgan fingerprint density at radius 1 is 1.15 bits per heavy atom.